The van der Waals surface area contributed by atoms with E-state index in [1.807, 2.05) is 6.92 Å². The van der Waals surface area contributed by atoms with E-state index in [4.69, 9.17) is 4.74 Å². The summed E-state index contributed by atoms with van der Waals surface area (Å²) in [5, 5.41) is 16.1. The second kappa shape index (κ2) is 7.87. The molecule has 3 rings (SSSR count). The second-order valence-corrected chi connectivity index (χ2v) is 6.64. The summed E-state index contributed by atoms with van der Waals surface area (Å²) in [6.45, 7) is 2.06. The number of amides is 1. The minimum Gasteiger partial charge on any atom is -0.480 e. The summed E-state index contributed by atoms with van der Waals surface area (Å²) < 4.78 is 20.7. The Labute approximate surface area is 156 Å². The molecular formula is C19H22FN3O4. The van der Waals surface area contributed by atoms with Crippen molar-refractivity contribution in [3.63, 3.8) is 0 Å². The molecule has 8 heteroatoms. The fraction of sp³-hybridized carbons (Fsp3) is 0.421. The van der Waals surface area contributed by atoms with Crippen molar-refractivity contribution < 1.29 is 23.8 Å². The molecule has 1 aliphatic rings. The topological polar surface area (TPSA) is 93.5 Å². The molecular weight excluding hydrogens is 353 g/mol. The van der Waals surface area contributed by atoms with Gasteiger partial charge in [0.05, 0.1) is 0 Å². The molecule has 0 saturated heterocycles. The zero-order valence-corrected chi connectivity index (χ0v) is 15.3. The molecule has 1 amide bonds. The maximum Gasteiger partial charge on any atom is 0.326 e. The maximum atomic E-state index is 14.3. The van der Waals surface area contributed by atoms with E-state index >= 15 is 0 Å². The highest BCUT2D eigenvalue weighted by Gasteiger charge is 2.30. The number of hydrogen-bond donors (Lipinski definition) is 2. The van der Waals surface area contributed by atoms with Crippen LogP contribution in [0.15, 0.2) is 18.2 Å². The molecule has 1 aromatic heterocycles. The molecule has 0 spiro atoms. The zero-order valence-electron chi connectivity index (χ0n) is 15.3. The van der Waals surface area contributed by atoms with Gasteiger partial charge >= 0.3 is 5.97 Å². The van der Waals surface area contributed by atoms with Crippen LogP contribution >= 0.6 is 0 Å². The Hall–Kier alpha value is -2.74. The van der Waals surface area contributed by atoms with Crippen molar-refractivity contribution in [3.8, 4) is 5.69 Å². The number of aliphatic carboxylic acids is 1. The lowest BCUT2D eigenvalue weighted by atomic mass is 10.1. The van der Waals surface area contributed by atoms with Gasteiger partial charge in [-0.1, -0.05) is 6.07 Å². The average Bonchev–Trinajstić information content (AvgIpc) is 3.23. The molecule has 0 bridgehead atoms. The van der Waals surface area contributed by atoms with Crippen molar-refractivity contribution in [3.05, 3.63) is 46.5 Å². The highest BCUT2D eigenvalue weighted by Crippen LogP contribution is 2.29. The van der Waals surface area contributed by atoms with Gasteiger partial charge in [0, 0.05) is 31.4 Å². The number of carboxylic acid groups (broad SMARTS) is 1. The fourth-order valence-electron chi connectivity index (χ4n) is 3.32. The summed E-state index contributed by atoms with van der Waals surface area (Å²) in [6.07, 6.45) is 2.33. The van der Waals surface area contributed by atoms with Crippen LogP contribution in [0.4, 0.5) is 4.39 Å². The number of carbonyl (C=O) groups excluding carboxylic acids is 1. The summed E-state index contributed by atoms with van der Waals surface area (Å²) in [5.74, 6) is -2.13. The van der Waals surface area contributed by atoms with Crippen LogP contribution in [0.3, 0.4) is 0 Å². The van der Waals surface area contributed by atoms with Crippen LogP contribution in [0.1, 0.15) is 40.2 Å². The van der Waals surface area contributed by atoms with Gasteiger partial charge in [0.1, 0.15) is 17.5 Å². The third-order valence-corrected chi connectivity index (χ3v) is 4.69. The Bertz CT molecular complexity index is 878. The summed E-state index contributed by atoms with van der Waals surface area (Å²) in [4.78, 5) is 24.1. The first kappa shape index (κ1) is 19.0. The molecule has 1 aromatic carbocycles. The number of halogens is 1. The zero-order chi connectivity index (χ0) is 19.6. The largest absolute Gasteiger partial charge is 0.480 e. The maximum absolute atomic E-state index is 14.3. The second-order valence-electron chi connectivity index (χ2n) is 6.64. The van der Waals surface area contributed by atoms with Crippen LogP contribution in [-0.4, -0.2) is 46.5 Å². The number of hydrogen-bond acceptors (Lipinski definition) is 4. The molecule has 1 atom stereocenters. The van der Waals surface area contributed by atoms with Gasteiger partial charge in [-0.2, -0.15) is 5.10 Å². The third-order valence-electron chi connectivity index (χ3n) is 4.69. The van der Waals surface area contributed by atoms with Crippen molar-refractivity contribution in [2.75, 3.05) is 13.7 Å². The number of aryl methyl sites for hydroxylation is 1. The lowest BCUT2D eigenvalue weighted by molar-refractivity contribution is -0.139. The quantitative estimate of drug-likeness (QED) is 0.772. The minimum absolute atomic E-state index is 0.146. The van der Waals surface area contributed by atoms with E-state index < -0.39 is 23.7 Å². The number of rotatable bonds is 7. The van der Waals surface area contributed by atoms with Crippen LogP contribution < -0.4 is 5.32 Å². The summed E-state index contributed by atoms with van der Waals surface area (Å²) in [6, 6.07) is 3.65. The average molecular weight is 375 g/mol. The predicted molar refractivity (Wildman–Crippen MR) is 95.7 cm³/mol. The number of fused-ring (bicyclic) bond motifs is 1. The van der Waals surface area contributed by atoms with E-state index in [0.29, 0.717) is 18.5 Å². The molecule has 2 N–H and O–H groups in total. The molecule has 1 heterocycles. The van der Waals surface area contributed by atoms with E-state index in [2.05, 4.69) is 10.4 Å². The van der Waals surface area contributed by atoms with E-state index in [1.54, 1.807) is 12.1 Å². The number of ether oxygens (including phenoxy) is 1. The van der Waals surface area contributed by atoms with Crippen molar-refractivity contribution in [2.24, 2.45) is 0 Å². The summed E-state index contributed by atoms with van der Waals surface area (Å²) in [7, 11) is 1.46. The molecule has 7 nitrogen and oxygen atoms in total. The molecule has 0 aliphatic heterocycles. The smallest absolute Gasteiger partial charge is 0.326 e. The van der Waals surface area contributed by atoms with E-state index in [-0.39, 0.29) is 18.7 Å². The number of nitrogens with zero attached hydrogens (tertiary/aromatic N) is 2. The monoisotopic (exact) mass is 375 g/mol. The standard InChI is InChI=1S/C19H22FN3O4/c1-11-6-7-13(20)16(10-11)23-15-5-3-4-12(15)17(22-23)18(24)21-14(19(25)26)8-9-27-2/h6-7,10,14H,3-5,8-9H2,1-2H3,(H,21,24)(H,25,26). The summed E-state index contributed by atoms with van der Waals surface area (Å²) >= 11 is 0. The van der Waals surface area contributed by atoms with Gasteiger partial charge in [-0.05, 0) is 43.9 Å². The molecule has 144 valence electrons. The molecule has 27 heavy (non-hydrogen) atoms. The lowest BCUT2D eigenvalue weighted by Gasteiger charge is -2.13. The van der Waals surface area contributed by atoms with Crippen molar-refractivity contribution in [1.29, 1.82) is 0 Å². The van der Waals surface area contributed by atoms with Gasteiger partial charge in [-0.25, -0.2) is 13.9 Å². The van der Waals surface area contributed by atoms with Crippen LogP contribution in [-0.2, 0) is 22.4 Å². The number of nitrogens with one attached hydrogen (secondary N) is 1. The SMILES string of the molecule is COCCC(NC(=O)c1nn(-c2cc(C)ccc2F)c2c1CCC2)C(=O)O. The number of methoxy groups -OCH3 is 1. The Balaban J connectivity index is 1.94. The normalized spacial score (nSPS) is 14.0. The van der Waals surface area contributed by atoms with E-state index in [9.17, 15) is 19.1 Å². The Kier molecular flexibility index (Phi) is 5.55. The fourth-order valence-corrected chi connectivity index (χ4v) is 3.32. The predicted octanol–water partition coefficient (Wildman–Crippen LogP) is 2.03. The first-order valence-corrected chi connectivity index (χ1v) is 8.82. The number of carbonyl (C=O) groups is 2. The number of benzene rings is 1. The van der Waals surface area contributed by atoms with Crippen molar-refractivity contribution in [1.82, 2.24) is 15.1 Å². The summed E-state index contributed by atoms with van der Waals surface area (Å²) in [5.41, 5.74) is 2.89. The molecule has 1 unspecified atom stereocenters. The Morgan fingerprint density at radius 2 is 2.19 bits per heavy atom. The third kappa shape index (κ3) is 3.85. The number of aromatic nitrogens is 2. The molecule has 1 aliphatic carbocycles. The number of carboxylic acids is 1. The highest BCUT2D eigenvalue weighted by atomic mass is 19.1. The van der Waals surface area contributed by atoms with Crippen LogP contribution in [0.25, 0.3) is 5.69 Å². The van der Waals surface area contributed by atoms with Gasteiger partial charge in [0.25, 0.3) is 5.91 Å². The van der Waals surface area contributed by atoms with Gasteiger partial charge in [0.2, 0.25) is 0 Å². The van der Waals surface area contributed by atoms with Crippen molar-refractivity contribution >= 4 is 11.9 Å². The van der Waals surface area contributed by atoms with Crippen LogP contribution in [0, 0.1) is 12.7 Å². The van der Waals surface area contributed by atoms with Crippen molar-refractivity contribution in [2.45, 2.75) is 38.6 Å². The van der Waals surface area contributed by atoms with Gasteiger partial charge in [0.15, 0.2) is 5.69 Å². The first-order chi connectivity index (χ1) is 12.9. The Morgan fingerprint density at radius 1 is 1.41 bits per heavy atom. The molecule has 0 radical (unpaired) electrons. The lowest BCUT2D eigenvalue weighted by Crippen LogP contribution is -2.42. The van der Waals surface area contributed by atoms with Gasteiger partial charge < -0.3 is 15.2 Å². The van der Waals surface area contributed by atoms with E-state index in [0.717, 1.165) is 23.2 Å². The van der Waals surface area contributed by atoms with E-state index in [1.165, 1.54) is 17.9 Å². The van der Waals surface area contributed by atoms with Gasteiger partial charge in [-0.15, -0.1) is 0 Å². The first-order valence-electron chi connectivity index (χ1n) is 8.82. The minimum atomic E-state index is -1.14. The van der Waals surface area contributed by atoms with Crippen LogP contribution in [0.5, 0.6) is 0 Å². The molecule has 0 saturated carbocycles. The molecule has 0 fully saturated rings. The van der Waals surface area contributed by atoms with Gasteiger partial charge in [-0.3, -0.25) is 4.79 Å². The van der Waals surface area contributed by atoms with Crippen LogP contribution in [0.2, 0.25) is 0 Å². The molecule has 2 aromatic rings. The highest BCUT2D eigenvalue weighted by molar-refractivity contribution is 5.96. The Morgan fingerprint density at radius 3 is 2.89 bits per heavy atom.